The molecule has 1 aliphatic carbocycles. The molecule has 112 valence electrons. The highest BCUT2D eigenvalue weighted by molar-refractivity contribution is 5.61. The van der Waals surface area contributed by atoms with Gasteiger partial charge in [0.2, 0.25) is 0 Å². The number of rotatable bonds is 3. The molecule has 1 N–H and O–H groups in total. The molecule has 21 heavy (non-hydrogen) atoms. The van der Waals surface area contributed by atoms with E-state index in [0.29, 0.717) is 11.5 Å². The molecular formula is C18H25N3. The minimum Gasteiger partial charge on any atom is -0.381 e. The summed E-state index contributed by atoms with van der Waals surface area (Å²) in [6.45, 7) is 7.14. The summed E-state index contributed by atoms with van der Waals surface area (Å²) in [5.74, 6) is 0.781. The van der Waals surface area contributed by atoms with Crippen LogP contribution in [0.1, 0.15) is 40.0 Å². The van der Waals surface area contributed by atoms with Crippen LogP contribution < -0.4 is 5.32 Å². The van der Waals surface area contributed by atoms with Gasteiger partial charge >= 0.3 is 0 Å². The van der Waals surface area contributed by atoms with Gasteiger partial charge in [0, 0.05) is 18.4 Å². The number of nitrogens with zero attached hydrogens (tertiary/aromatic N) is 2. The molecule has 0 saturated heterocycles. The number of hydrogen-bond donors (Lipinski definition) is 1. The van der Waals surface area contributed by atoms with Gasteiger partial charge in [0.05, 0.1) is 11.4 Å². The fourth-order valence-corrected chi connectivity index (χ4v) is 3.88. The smallest absolute Gasteiger partial charge is 0.0876 e. The fourth-order valence-electron chi connectivity index (χ4n) is 3.88. The Labute approximate surface area is 127 Å². The first-order valence-electron chi connectivity index (χ1n) is 7.89. The van der Waals surface area contributed by atoms with Gasteiger partial charge in [-0.3, -0.25) is 0 Å². The lowest BCUT2D eigenvalue weighted by Gasteiger charge is -2.39. The van der Waals surface area contributed by atoms with E-state index in [9.17, 15) is 0 Å². The van der Waals surface area contributed by atoms with Crippen LogP contribution in [-0.4, -0.2) is 15.8 Å². The van der Waals surface area contributed by atoms with Crippen LogP contribution in [0.4, 0.5) is 5.69 Å². The summed E-state index contributed by atoms with van der Waals surface area (Å²) in [6, 6.07) is 10.9. The van der Waals surface area contributed by atoms with Gasteiger partial charge in [-0.15, -0.1) is 0 Å². The Kier molecular flexibility index (Phi) is 3.75. The molecule has 0 aliphatic heterocycles. The van der Waals surface area contributed by atoms with E-state index in [1.54, 1.807) is 0 Å². The fraction of sp³-hybridized carbons (Fsp3) is 0.500. The SMILES string of the molecule is CC1CC(Nc2ccccc2-n2cccn2)CC(C)(C)C1. The lowest BCUT2D eigenvalue weighted by Crippen LogP contribution is -2.35. The zero-order chi connectivity index (χ0) is 14.9. The molecule has 2 atom stereocenters. The summed E-state index contributed by atoms with van der Waals surface area (Å²) in [6.07, 6.45) is 7.62. The Hall–Kier alpha value is -1.77. The molecule has 0 spiro atoms. The van der Waals surface area contributed by atoms with Crippen molar-refractivity contribution >= 4 is 5.69 Å². The number of benzene rings is 1. The topological polar surface area (TPSA) is 29.9 Å². The van der Waals surface area contributed by atoms with Crippen molar-refractivity contribution in [1.29, 1.82) is 0 Å². The summed E-state index contributed by atoms with van der Waals surface area (Å²) in [7, 11) is 0. The third-order valence-corrected chi connectivity index (χ3v) is 4.40. The van der Waals surface area contributed by atoms with Crippen LogP contribution in [0, 0.1) is 11.3 Å². The van der Waals surface area contributed by atoms with E-state index in [0.717, 1.165) is 11.6 Å². The Balaban J connectivity index is 1.82. The number of anilines is 1. The van der Waals surface area contributed by atoms with Crippen molar-refractivity contribution in [3.05, 3.63) is 42.7 Å². The van der Waals surface area contributed by atoms with Crippen LogP contribution in [0.5, 0.6) is 0 Å². The first-order valence-corrected chi connectivity index (χ1v) is 7.89. The summed E-state index contributed by atoms with van der Waals surface area (Å²) >= 11 is 0. The molecule has 1 aliphatic rings. The van der Waals surface area contributed by atoms with Gasteiger partial charge in [0.15, 0.2) is 0 Å². The maximum atomic E-state index is 4.36. The molecule has 3 nitrogen and oxygen atoms in total. The zero-order valence-electron chi connectivity index (χ0n) is 13.2. The van der Waals surface area contributed by atoms with E-state index in [4.69, 9.17) is 0 Å². The largest absolute Gasteiger partial charge is 0.381 e. The van der Waals surface area contributed by atoms with Gasteiger partial charge in [-0.2, -0.15) is 5.10 Å². The van der Waals surface area contributed by atoms with Crippen molar-refractivity contribution in [2.45, 2.75) is 46.1 Å². The molecular weight excluding hydrogens is 258 g/mol. The van der Waals surface area contributed by atoms with Gasteiger partial charge in [-0.1, -0.05) is 32.9 Å². The third-order valence-electron chi connectivity index (χ3n) is 4.40. The Morgan fingerprint density at radius 2 is 2.00 bits per heavy atom. The Morgan fingerprint density at radius 1 is 1.19 bits per heavy atom. The Bertz CT molecular complexity index is 586. The van der Waals surface area contributed by atoms with Crippen LogP contribution in [-0.2, 0) is 0 Å². The van der Waals surface area contributed by atoms with Crippen LogP contribution in [0.15, 0.2) is 42.7 Å². The van der Waals surface area contributed by atoms with Crippen LogP contribution in [0.2, 0.25) is 0 Å². The molecule has 1 heterocycles. The van der Waals surface area contributed by atoms with E-state index in [-0.39, 0.29) is 0 Å². The third kappa shape index (κ3) is 3.29. The first kappa shape index (κ1) is 14.2. The van der Waals surface area contributed by atoms with Gasteiger partial charge in [-0.05, 0) is 48.8 Å². The molecule has 0 bridgehead atoms. The number of nitrogens with one attached hydrogen (secondary N) is 1. The molecule has 3 heteroatoms. The molecule has 1 saturated carbocycles. The molecule has 0 amide bonds. The average Bonchev–Trinajstić information content (AvgIpc) is 2.90. The van der Waals surface area contributed by atoms with Crippen LogP contribution in [0.3, 0.4) is 0 Å². The highest BCUT2D eigenvalue weighted by Crippen LogP contribution is 2.39. The van der Waals surface area contributed by atoms with E-state index < -0.39 is 0 Å². The normalized spacial score (nSPS) is 24.7. The van der Waals surface area contributed by atoms with E-state index >= 15 is 0 Å². The number of aromatic nitrogens is 2. The van der Waals surface area contributed by atoms with E-state index in [1.165, 1.54) is 24.9 Å². The predicted octanol–water partition coefficient (Wildman–Crippen LogP) is 4.50. The van der Waals surface area contributed by atoms with E-state index in [1.807, 2.05) is 23.1 Å². The van der Waals surface area contributed by atoms with Crippen LogP contribution in [0.25, 0.3) is 5.69 Å². The number of hydrogen-bond acceptors (Lipinski definition) is 2. The summed E-state index contributed by atoms with van der Waals surface area (Å²) in [5, 5.41) is 8.12. The highest BCUT2D eigenvalue weighted by Gasteiger charge is 2.32. The standard InChI is InChI=1S/C18H25N3/c1-14-11-15(13-18(2,3)12-14)20-16-7-4-5-8-17(16)21-10-6-9-19-21/h4-10,14-15,20H,11-13H2,1-3H3. The van der Waals surface area contributed by atoms with Crippen molar-refractivity contribution in [1.82, 2.24) is 9.78 Å². The molecule has 3 rings (SSSR count). The average molecular weight is 283 g/mol. The molecule has 2 unspecified atom stereocenters. The monoisotopic (exact) mass is 283 g/mol. The quantitative estimate of drug-likeness (QED) is 0.899. The predicted molar refractivity (Wildman–Crippen MR) is 87.8 cm³/mol. The second-order valence-corrected chi connectivity index (χ2v) is 7.22. The summed E-state index contributed by atoms with van der Waals surface area (Å²) in [5.41, 5.74) is 2.73. The lowest BCUT2D eigenvalue weighted by molar-refractivity contribution is 0.178. The molecule has 1 aromatic carbocycles. The summed E-state index contributed by atoms with van der Waals surface area (Å²) in [4.78, 5) is 0. The minimum absolute atomic E-state index is 0.427. The van der Waals surface area contributed by atoms with Gasteiger partial charge in [0.1, 0.15) is 0 Å². The molecule has 1 fully saturated rings. The zero-order valence-corrected chi connectivity index (χ0v) is 13.2. The maximum absolute atomic E-state index is 4.36. The molecule has 2 aromatic rings. The second-order valence-electron chi connectivity index (χ2n) is 7.22. The number of para-hydroxylation sites is 2. The van der Waals surface area contributed by atoms with Gasteiger partial charge in [-0.25, -0.2) is 4.68 Å². The van der Waals surface area contributed by atoms with Crippen molar-refractivity contribution < 1.29 is 0 Å². The van der Waals surface area contributed by atoms with Crippen molar-refractivity contribution in [2.24, 2.45) is 11.3 Å². The van der Waals surface area contributed by atoms with E-state index in [2.05, 4.69) is 55.5 Å². The van der Waals surface area contributed by atoms with Crippen molar-refractivity contribution in [3.63, 3.8) is 0 Å². The van der Waals surface area contributed by atoms with Gasteiger partial charge < -0.3 is 5.32 Å². The lowest BCUT2D eigenvalue weighted by atomic mass is 9.70. The Morgan fingerprint density at radius 3 is 2.71 bits per heavy atom. The summed E-state index contributed by atoms with van der Waals surface area (Å²) < 4.78 is 1.93. The second kappa shape index (κ2) is 5.55. The molecule has 0 radical (unpaired) electrons. The van der Waals surface area contributed by atoms with Crippen molar-refractivity contribution in [2.75, 3.05) is 5.32 Å². The first-order chi connectivity index (χ1) is 10.0. The van der Waals surface area contributed by atoms with Crippen molar-refractivity contribution in [3.8, 4) is 5.69 Å². The van der Waals surface area contributed by atoms with Crippen LogP contribution >= 0.6 is 0 Å². The maximum Gasteiger partial charge on any atom is 0.0876 e. The molecule has 1 aromatic heterocycles. The van der Waals surface area contributed by atoms with Gasteiger partial charge in [0.25, 0.3) is 0 Å². The minimum atomic E-state index is 0.427. The highest BCUT2D eigenvalue weighted by atomic mass is 15.3.